The van der Waals surface area contributed by atoms with Crippen molar-refractivity contribution in [3.63, 3.8) is 0 Å². The van der Waals surface area contributed by atoms with Crippen LogP contribution in [0.25, 0.3) is 0 Å². The average Bonchev–Trinajstić information content (AvgIpc) is 3.25. The van der Waals surface area contributed by atoms with Crippen LogP contribution in [0.1, 0.15) is 29.7 Å². The molecule has 0 saturated carbocycles. The first-order valence-electron chi connectivity index (χ1n) is 10.4. The van der Waals surface area contributed by atoms with Crippen molar-refractivity contribution in [1.82, 2.24) is 15.1 Å². The Bertz CT molecular complexity index is 829. The van der Waals surface area contributed by atoms with E-state index in [1.165, 1.54) is 0 Å². The number of ether oxygens (including phenoxy) is 1. The molecular formula is C22H31N3O4S. The number of furan rings is 1. The smallest absolute Gasteiger partial charge is 0.286 e. The Hall–Kier alpha value is -2.16. The van der Waals surface area contributed by atoms with Gasteiger partial charge in [-0.25, -0.2) is 0 Å². The third-order valence-corrected chi connectivity index (χ3v) is 6.67. The monoisotopic (exact) mass is 433 g/mol. The average molecular weight is 434 g/mol. The predicted molar refractivity (Wildman–Crippen MR) is 117 cm³/mol. The van der Waals surface area contributed by atoms with Gasteiger partial charge in [-0.3, -0.25) is 9.00 Å². The summed E-state index contributed by atoms with van der Waals surface area (Å²) in [7, 11) is 0.345. The van der Waals surface area contributed by atoms with Crippen LogP contribution in [0.15, 0.2) is 45.7 Å². The van der Waals surface area contributed by atoms with Crippen LogP contribution in [0, 0.1) is 0 Å². The second-order valence-electron chi connectivity index (χ2n) is 7.32. The Kier molecular flexibility index (Phi) is 8.48. The van der Waals surface area contributed by atoms with Gasteiger partial charge in [-0.15, -0.1) is 0 Å². The molecule has 164 valence electrons. The quantitative estimate of drug-likeness (QED) is 0.580. The Morgan fingerprint density at radius 1 is 1.10 bits per heavy atom. The van der Waals surface area contributed by atoms with Gasteiger partial charge >= 0.3 is 0 Å². The number of carbonyl (C=O) groups is 1. The van der Waals surface area contributed by atoms with E-state index >= 15 is 0 Å². The maximum atomic E-state index is 12.5. The molecule has 7 nitrogen and oxygen atoms in total. The third kappa shape index (κ3) is 6.42. The normalized spacial score (nSPS) is 16.3. The van der Waals surface area contributed by atoms with Crippen molar-refractivity contribution in [1.29, 1.82) is 0 Å². The van der Waals surface area contributed by atoms with Gasteiger partial charge in [-0.1, -0.05) is 6.92 Å². The van der Waals surface area contributed by atoms with Crippen LogP contribution in [0.3, 0.4) is 0 Å². The van der Waals surface area contributed by atoms with Crippen LogP contribution in [0.4, 0.5) is 0 Å². The van der Waals surface area contributed by atoms with E-state index in [0.717, 1.165) is 51.4 Å². The summed E-state index contributed by atoms with van der Waals surface area (Å²) in [5.41, 5.74) is 0. The number of nitrogens with zero attached hydrogens (tertiary/aromatic N) is 2. The van der Waals surface area contributed by atoms with Crippen molar-refractivity contribution >= 4 is 16.7 Å². The summed E-state index contributed by atoms with van der Waals surface area (Å²) in [6.07, 6.45) is 0.910. The van der Waals surface area contributed by atoms with Crippen molar-refractivity contribution in [2.75, 3.05) is 52.9 Å². The molecular weight excluding hydrogens is 402 g/mol. The third-order valence-electron chi connectivity index (χ3n) is 5.33. The fourth-order valence-corrected chi connectivity index (χ4v) is 4.46. The number of hydrogen-bond donors (Lipinski definition) is 1. The molecule has 1 N–H and O–H groups in total. The van der Waals surface area contributed by atoms with Crippen molar-refractivity contribution in [3.05, 3.63) is 47.9 Å². The molecule has 1 amide bonds. The number of hydrogen-bond acceptors (Lipinski definition) is 6. The van der Waals surface area contributed by atoms with Crippen LogP contribution >= 0.6 is 0 Å². The zero-order valence-electron chi connectivity index (χ0n) is 17.8. The summed E-state index contributed by atoms with van der Waals surface area (Å²) in [6, 6.07) is 10.4. The highest BCUT2D eigenvalue weighted by Crippen LogP contribution is 2.18. The number of methoxy groups -OCH3 is 1. The summed E-state index contributed by atoms with van der Waals surface area (Å²) >= 11 is 0. The second-order valence-corrected chi connectivity index (χ2v) is 8.77. The molecule has 2 aromatic rings. The molecule has 0 spiro atoms. The largest absolute Gasteiger partial charge is 0.497 e. The maximum Gasteiger partial charge on any atom is 0.286 e. The lowest BCUT2D eigenvalue weighted by Gasteiger charge is -2.33. The molecule has 1 aromatic heterocycles. The zero-order valence-corrected chi connectivity index (χ0v) is 18.6. The van der Waals surface area contributed by atoms with Crippen molar-refractivity contribution in [2.24, 2.45) is 0 Å². The molecule has 1 aliphatic heterocycles. The highest BCUT2D eigenvalue weighted by atomic mass is 32.2. The standard InChI is InChI=1S/C22H31N3O4S/c1-3-24-13-15-25(16-14-24)12-4-11-23-22(26)21-10-7-19(29-21)17-30(27)20-8-5-18(28-2)6-9-20/h5-10H,3-4,11-17H2,1-2H3,(H,23,26)/t30-/m0/s1. The Morgan fingerprint density at radius 2 is 1.80 bits per heavy atom. The van der Waals surface area contributed by atoms with Crippen LogP contribution in [-0.2, 0) is 16.6 Å². The molecule has 1 atom stereocenters. The van der Waals surface area contributed by atoms with Crippen LogP contribution < -0.4 is 10.1 Å². The van der Waals surface area contributed by atoms with E-state index in [0.29, 0.717) is 17.2 Å². The van der Waals surface area contributed by atoms with E-state index < -0.39 is 10.8 Å². The molecule has 1 aliphatic rings. The van der Waals surface area contributed by atoms with Gasteiger partial charge in [0, 0.05) is 37.6 Å². The SMILES string of the molecule is CCN1CCN(CCCNC(=O)c2ccc(C[S@](=O)c3ccc(OC)cc3)o2)CC1. The first-order chi connectivity index (χ1) is 14.6. The Morgan fingerprint density at radius 3 is 2.47 bits per heavy atom. The number of carbonyl (C=O) groups excluding carboxylic acids is 1. The minimum atomic E-state index is -1.25. The van der Waals surface area contributed by atoms with Gasteiger partial charge in [0.1, 0.15) is 11.5 Å². The van der Waals surface area contributed by atoms with E-state index in [9.17, 15) is 9.00 Å². The number of nitrogens with one attached hydrogen (secondary N) is 1. The summed E-state index contributed by atoms with van der Waals surface area (Å²) < 4.78 is 23.2. The van der Waals surface area contributed by atoms with Crippen molar-refractivity contribution < 1.29 is 18.2 Å². The van der Waals surface area contributed by atoms with E-state index in [1.54, 1.807) is 43.5 Å². The topological polar surface area (TPSA) is 75.0 Å². The van der Waals surface area contributed by atoms with Gasteiger partial charge in [-0.05, 0) is 55.9 Å². The van der Waals surface area contributed by atoms with Gasteiger partial charge in [0.2, 0.25) is 0 Å². The molecule has 0 bridgehead atoms. The summed E-state index contributed by atoms with van der Waals surface area (Å²) in [4.78, 5) is 17.9. The lowest BCUT2D eigenvalue weighted by Crippen LogP contribution is -2.46. The lowest BCUT2D eigenvalue weighted by molar-refractivity contribution is 0.0919. The summed E-state index contributed by atoms with van der Waals surface area (Å²) in [5.74, 6) is 1.50. The number of piperazine rings is 1. The number of amides is 1. The fraction of sp³-hybridized carbons (Fsp3) is 0.500. The number of rotatable bonds is 10. The lowest BCUT2D eigenvalue weighted by atomic mass is 10.3. The number of likely N-dealkylation sites (N-methyl/N-ethyl adjacent to an activating group) is 1. The van der Waals surface area contributed by atoms with E-state index in [2.05, 4.69) is 22.0 Å². The predicted octanol–water partition coefficient (Wildman–Crippen LogP) is 2.35. The summed E-state index contributed by atoms with van der Waals surface area (Å²) in [6.45, 7) is 9.34. The van der Waals surface area contributed by atoms with Crippen molar-refractivity contribution in [2.45, 2.75) is 24.0 Å². The van der Waals surface area contributed by atoms with Gasteiger partial charge in [0.15, 0.2) is 5.76 Å². The first kappa shape index (κ1) is 22.5. The fourth-order valence-electron chi connectivity index (χ4n) is 3.44. The molecule has 2 heterocycles. The Balaban J connectivity index is 1.39. The molecule has 0 radical (unpaired) electrons. The second kappa shape index (κ2) is 11.3. The highest BCUT2D eigenvalue weighted by Gasteiger charge is 2.16. The molecule has 0 aliphatic carbocycles. The van der Waals surface area contributed by atoms with Crippen molar-refractivity contribution in [3.8, 4) is 5.75 Å². The molecule has 0 unspecified atom stereocenters. The molecule has 30 heavy (non-hydrogen) atoms. The minimum absolute atomic E-state index is 0.226. The molecule has 3 rings (SSSR count). The van der Waals surface area contributed by atoms with Gasteiger partial charge < -0.3 is 24.3 Å². The van der Waals surface area contributed by atoms with Crippen LogP contribution in [0.2, 0.25) is 0 Å². The van der Waals surface area contributed by atoms with Crippen LogP contribution in [-0.4, -0.2) is 72.8 Å². The van der Waals surface area contributed by atoms with Gasteiger partial charge in [0.05, 0.1) is 23.7 Å². The van der Waals surface area contributed by atoms with E-state index in [4.69, 9.17) is 9.15 Å². The summed E-state index contributed by atoms with van der Waals surface area (Å²) in [5, 5.41) is 2.91. The first-order valence-corrected chi connectivity index (χ1v) is 11.7. The van der Waals surface area contributed by atoms with Crippen LogP contribution in [0.5, 0.6) is 5.75 Å². The minimum Gasteiger partial charge on any atom is -0.497 e. The maximum absolute atomic E-state index is 12.5. The molecule has 1 aromatic carbocycles. The Labute approximate surface area is 180 Å². The molecule has 8 heteroatoms. The van der Waals surface area contributed by atoms with E-state index in [-0.39, 0.29) is 17.4 Å². The highest BCUT2D eigenvalue weighted by molar-refractivity contribution is 7.84. The molecule has 1 fully saturated rings. The zero-order chi connectivity index (χ0) is 21.3. The van der Waals surface area contributed by atoms with Gasteiger partial charge in [-0.2, -0.15) is 0 Å². The van der Waals surface area contributed by atoms with Gasteiger partial charge in [0.25, 0.3) is 5.91 Å². The van der Waals surface area contributed by atoms with E-state index in [1.807, 2.05) is 0 Å². The molecule has 1 saturated heterocycles. The number of benzene rings is 1.